The minimum absolute atomic E-state index is 0.254. The van der Waals surface area contributed by atoms with Gasteiger partial charge in [-0.25, -0.2) is 4.79 Å². The van der Waals surface area contributed by atoms with Crippen molar-refractivity contribution >= 4 is 17.7 Å². The number of carbonyl (C=O) groups is 2. The third kappa shape index (κ3) is 3.01. The van der Waals surface area contributed by atoms with Gasteiger partial charge in [0.25, 0.3) is 0 Å². The monoisotopic (exact) mass is 294 g/mol. The summed E-state index contributed by atoms with van der Waals surface area (Å²) in [5.74, 6) is -0.819. The summed E-state index contributed by atoms with van der Waals surface area (Å²) in [6, 6.07) is -0.259. The Labute approximate surface area is 123 Å². The van der Waals surface area contributed by atoms with Gasteiger partial charge in [0.1, 0.15) is 0 Å². The Hall–Kier alpha value is -2.05. The van der Waals surface area contributed by atoms with E-state index in [9.17, 15) is 14.7 Å². The predicted molar refractivity (Wildman–Crippen MR) is 78.1 cm³/mol. The molecule has 0 aliphatic carbocycles. The van der Waals surface area contributed by atoms with E-state index in [2.05, 4.69) is 10.4 Å². The van der Waals surface area contributed by atoms with Crippen LogP contribution in [0.4, 0.5) is 10.5 Å². The lowest BCUT2D eigenvalue weighted by molar-refractivity contribution is -0.152. The van der Waals surface area contributed by atoms with Crippen LogP contribution in [0.5, 0.6) is 0 Å². The summed E-state index contributed by atoms with van der Waals surface area (Å²) in [6.07, 6.45) is 3.59. The van der Waals surface area contributed by atoms with Gasteiger partial charge in [-0.3, -0.25) is 9.48 Å². The van der Waals surface area contributed by atoms with Crippen LogP contribution in [0.3, 0.4) is 0 Å². The van der Waals surface area contributed by atoms with Crippen LogP contribution in [0.2, 0.25) is 0 Å². The van der Waals surface area contributed by atoms with Crippen molar-refractivity contribution in [2.75, 3.05) is 18.4 Å². The van der Waals surface area contributed by atoms with Gasteiger partial charge in [0, 0.05) is 26.3 Å². The Balaban J connectivity index is 2.09. The van der Waals surface area contributed by atoms with Crippen LogP contribution in [-0.2, 0) is 11.8 Å². The molecule has 1 unspecified atom stereocenters. The van der Waals surface area contributed by atoms with E-state index in [0.29, 0.717) is 31.5 Å². The molecule has 21 heavy (non-hydrogen) atoms. The largest absolute Gasteiger partial charge is 0.481 e. The molecule has 1 fully saturated rings. The number of hydrogen-bond acceptors (Lipinski definition) is 3. The second-order valence-corrected chi connectivity index (χ2v) is 5.70. The van der Waals surface area contributed by atoms with Crippen molar-refractivity contribution in [3.8, 4) is 0 Å². The fourth-order valence-electron chi connectivity index (χ4n) is 2.84. The minimum Gasteiger partial charge on any atom is -0.481 e. The van der Waals surface area contributed by atoms with E-state index in [0.717, 1.165) is 5.69 Å². The molecule has 7 nitrogen and oxygen atoms in total. The highest BCUT2D eigenvalue weighted by Crippen LogP contribution is 2.34. The van der Waals surface area contributed by atoms with E-state index in [1.54, 1.807) is 22.8 Å². The molecule has 0 aromatic carbocycles. The molecule has 1 atom stereocenters. The quantitative estimate of drug-likeness (QED) is 0.890. The number of aryl methyl sites for hydroxylation is 2. The predicted octanol–water partition coefficient (Wildman–Crippen LogP) is 1.84. The van der Waals surface area contributed by atoms with Crippen LogP contribution in [0.25, 0.3) is 0 Å². The zero-order valence-electron chi connectivity index (χ0n) is 12.7. The first kappa shape index (κ1) is 15.3. The number of carbonyl (C=O) groups excluding carboxylic acids is 1. The maximum atomic E-state index is 12.3. The summed E-state index contributed by atoms with van der Waals surface area (Å²) in [4.78, 5) is 25.5. The Kier molecular flexibility index (Phi) is 4.20. The summed E-state index contributed by atoms with van der Waals surface area (Å²) in [5, 5.41) is 16.4. The number of nitrogens with zero attached hydrogens (tertiary/aromatic N) is 3. The molecule has 0 saturated carbocycles. The van der Waals surface area contributed by atoms with E-state index in [-0.39, 0.29) is 12.6 Å². The van der Waals surface area contributed by atoms with Gasteiger partial charge in [0.15, 0.2) is 0 Å². The molecular formula is C14H22N4O3. The fourth-order valence-corrected chi connectivity index (χ4v) is 2.84. The Bertz CT molecular complexity index is 554. The SMILES string of the molecule is CCC1(C(=O)O)CCCN(C(=O)Nc2cn(C)nc2C)C1. The number of nitrogens with one attached hydrogen (secondary N) is 1. The number of aliphatic carboxylic acids is 1. The average molecular weight is 294 g/mol. The molecule has 1 aliphatic rings. The number of hydrogen-bond donors (Lipinski definition) is 2. The van der Waals surface area contributed by atoms with Gasteiger partial charge in [-0.2, -0.15) is 5.10 Å². The van der Waals surface area contributed by atoms with Crippen molar-refractivity contribution in [1.29, 1.82) is 0 Å². The summed E-state index contributed by atoms with van der Waals surface area (Å²) in [6.45, 7) is 4.52. The summed E-state index contributed by atoms with van der Waals surface area (Å²) >= 11 is 0. The summed E-state index contributed by atoms with van der Waals surface area (Å²) < 4.78 is 1.63. The van der Waals surface area contributed by atoms with Crippen LogP contribution < -0.4 is 5.32 Å². The highest BCUT2D eigenvalue weighted by atomic mass is 16.4. The molecule has 1 aromatic heterocycles. The highest BCUT2D eigenvalue weighted by Gasteiger charge is 2.42. The highest BCUT2D eigenvalue weighted by molar-refractivity contribution is 5.90. The van der Waals surface area contributed by atoms with Crippen molar-refractivity contribution < 1.29 is 14.7 Å². The topological polar surface area (TPSA) is 87.5 Å². The minimum atomic E-state index is -0.820. The van der Waals surface area contributed by atoms with Crippen LogP contribution in [0, 0.1) is 12.3 Å². The molecule has 1 saturated heterocycles. The zero-order chi connectivity index (χ0) is 15.6. The number of likely N-dealkylation sites (tertiary alicyclic amines) is 1. The smallest absolute Gasteiger partial charge is 0.321 e. The van der Waals surface area contributed by atoms with Gasteiger partial charge in [0.05, 0.1) is 16.8 Å². The van der Waals surface area contributed by atoms with Crippen molar-refractivity contribution in [1.82, 2.24) is 14.7 Å². The fraction of sp³-hybridized carbons (Fsp3) is 0.643. The molecule has 0 spiro atoms. The van der Waals surface area contributed by atoms with Crippen molar-refractivity contribution in [2.24, 2.45) is 12.5 Å². The molecule has 1 aromatic rings. The van der Waals surface area contributed by atoms with Gasteiger partial charge in [-0.1, -0.05) is 6.92 Å². The number of rotatable bonds is 3. The Morgan fingerprint density at radius 2 is 2.24 bits per heavy atom. The number of anilines is 1. The van der Waals surface area contributed by atoms with Crippen LogP contribution in [0.1, 0.15) is 31.9 Å². The average Bonchev–Trinajstić information content (AvgIpc) is 2.76. The van der Waals surface area contributed by atoms with Crippen molar-refractivity contribution in [3.05, 3.63) is 11.9 Å². The standard InChI is InChI=1S/C14H22N4O3/c1-4-14(12(19)20)6-5-7-18(9-14)13(21)15-11-8-17(3)16-10(11)2/h8H,4-7,9H2,1-3H3,(H,15,21)(H,19,20). The first-order valence-electron chi connectivity index (χ1n) is 7.17. The van der Waals surface area contributed by atoms with E-state index >= 15 is 0 Å². The van der Waals surface area contributed by atoms with Gasteiger partial charge in [-0.05, 0) is 26.2 Å². The van der Waals surface area contributed by atoms with E-state index in [1.165, 1.54) is 0 Å². The lowest BCUT2D eigenvalue weighted by Gasteiger charge is -2.39. The molecule has 116 valence electrons. The molecule has 0 bridgehead atoms. The van der Waals surface area contributed by atoms with Crippen molar-refractivity contribution in [3.63, 3.8) is 0 Å². The first-order valence-corrected chi connectivity index (χ1v) is 7.17. The van der Waals surface area contributed by atoms with Gasteiger partial charge < -0.3 is 15.3 Å². The molecule has 2 amide bonds. The normalized spacial score (nSPS) is 22.1. The van der Waals surface area contributed by atoms with Gasteiger partial charge in [0.2, 0.25) is 0 Å². The van der Waals surface area contributed by atoms with Gasteiger partial charge >= 0.3 is 12.0 Å². The second-order valence-electron chi connectivity index (χ2n) is 5.70. The molecule has 1 aliphatic heterocycles. The number of amides is 2. The van der Waals surface area contributed by atoms with E-state index < -0.39 is 11.4 Å². The Morgan fingerprint density at radius 1 is 1.52 bits per heavy atom. The summed E-state index contributed by atoms with van der Waals surface area (Å²) in [5.41, 5.74) is 0.577. The third-order valence-electron chi connectivity index (χ3n) is 4.25. The maximum Gasteiger partial charge on any atom is 0.321 e. The van der Waals surface area contributed by atoms with Crippen LogP contribution in [-0.4, -0.2) is 44.9 Å². The van der Waals surface area contributed by atoms with E-state index in [1.807, 2.05) is 13.8 Å². The number of carboxylic acid groups (broad SMARTS) is 1. The number of carboxylic acids is 1. The molecule has 2 heterocycles. The number of piperidine rings is 1. The number of aromatic nitrogens is 2. The lowest BCUT2D eigenvalue weighted by atomic mass is 9.78. The zero-order valence-corrected chi connectivity index (χ0v) is 12.7. The molecular weight excluding hydrogens is 272 g/mol. The molecule has 2 rings (SSSR count). The second kappa shape index (κ2) is 5.75. The van der Waals surface area contributed by atoms with Crippen molar-refractivity contribution in [2.45, 2.75) is 33.1 Å². The Morgan fingerprint density at radius 3 is 2.76 bits per heavy atom. The van der Waals surface area contributed by atoms with Crippen LogP contribution >= 0.6 is 0 Å². The first-order chi connectivity index (χ1) is 9.88. The maximum absolute atomic E-state index is 12.3. The molecule has 2 N–H and O–H groups in total. The lowest BCUT2D eigenvalue weighted by Crippen LogP contribution is -2.50. The van der Waals surface area contributed by atoms with Crippen LogP contribution in [0.15, 0.2) is 6.20 Å². The molecule has 0 radical (unpaired) electrons. The number of urea groups is 1. The third-order valence-corrected chi connectivity index (χ3v) is 4.25. The molecule has 7 heteroatoms. The van der Waals surface area contributed by atoms with Gasteiger partial charge in [-0.15, -0.1) is 0 Å². The summed E-state index contributed by atoms with van der Waals surface area (Å²) in [7, 11) is 1.79. The van der Waals surface area contributed by atoms with E-state index in [4.69, 9.17) is 0 Å².